The molecule has 2 heterocycles. The normalized spacial score (nSPS) is 23.0. The summed E-state index contributed by atoms with van der Waals surface area (Å²) in [5.74, 6) is 0.375. The highest BCUT2D eigenvalue weighted by Crippen LogP contribution is 2.37. The van der Waals surface area contributed by atoms with Crippen LogP contribution in [-0.4, -0.2) is 29.8 Å². The summed E-state index contributed by atoms with van der Waals surface area (Å²) in [5, 5.41) is 0.494. The Morgan fingerprint density at radius 3 is 2.21 bits per heavy atom. The number of benzene rings is 2. The number of amides is 2. The summed E-state index contributed by atoms with van der Waals surface area (Å²) in [6.07, 6.45) is 1.13. The molecule has 144 valence electrons. The fourth-order valence-electron chi connectivity index (χ4n) is 4.37. The second kappa shape index (κ2) is 7.44. The van der Waals surface area contributed by atoms with Crippen molar-refractivity contribution in [2.75, 3.05) is 18.0 Å². The maximum Gasteiger partial charge on any atom is 0.282 e. The zero-order valence-electron chi connectivity index (χ0n) is 16.1. The highest BCUT2D eigenvalue weighted by Gasteiger charge is 2.43. The third kappa shape index (κ3) is 3.33. The standard InChI is InChI=1S/C23H23ClN2O2/c1-15-11-16(2)14-25(13-15)21-20(17-7-4-3-5-8-17)22(27)26(23(21)28)19-10-6-9-18(24)12-19/h3-10,12,15-16H,11,13-14H2,1-2H3. The number of carbonyl (C=O) groups excluding carboxylic acids is 2. The molecule has 0 bridgehead atoms. The minimum atomic E-state index is -0.292. The van der Waals surface area contributed by atoms with Gasteiger partial charge in [0.05, 0.1) is 11.3 Å². The SMILES string of the molecule is CC1CC(C)CN(C2=C(c3ccccc3)C(=O)N(c3cccc(Cl)c3)C2=O)C1. The van der Waals surface area contributed by atoms with E-state index in [0.717, 1.165) is 25.1 Å². The van der Waals surface area contributed by atoms with Gasteiger partial charge in [-0.15, -0.1) is 0 Å². The van der Waals surface area contributed by atoms with Crippen LogP contribution in [0.1, 0.15) is 25.8 Å². The largest absolute Gasteiger partial charge is 0.366 e. The van der Waals surface area contributed by atoms with Crippen molar-refractivity contribution in [1.82, 2.24) is 4.90 Å². The van der Waals surface area contributed by atoms with E-state index < -0.39 is 0 Å². The molecule has 2 aromatic carbocycles. The molecule has 2 aromatic rings. The van der Waals surface area contributed by atoms with Crippen molar-refractivity contribution in [3.63, 3.8) is 0 Å². The van der Waals surface area contributed by atoms with Crippen LogP contribution in [0.15, 0.2) is 60.3 Å². The lowest BCUT2D eigenvalue weighted by molar-refractivity contribution is -0.120. The van der Waals surface area contributed by atoms with Gasteiger partial charge in [0.2, 0.25) is 0 Å². The number of nitrogens with zero attached hydrogens (tertiary/aromatic N) is 2. The van der Waals surface area contributed by atoms with Gasteiger partial charge in [0.1, 0.15) is 5.70 Å². The average Bonchev–Trinajstić information content (AvgIpc) is 2.92. The zero-order chi connectivity index (χ0) is 19.8. The Labute approximate surface area is 170 Å². The summed E-state index contributed by atoms with van der Waals surface area (Å²) in [7, 11) is 0. The minimum Gasteiger partial charge on any atom is -0.366 e. The van der Waals surface area contributed by atoms with E-state index in [9.17, 15) is 9.59 Å². The predicted octanol–water partition coefficient (Wildman–Crippen LogP) is 4.60. The summed E-state index contributed by atoms with van der Waals surface area (Å²) in [5.41, 5.74) is 2.26. The number of halogens is 1. The number of imide groups is 1. The van der Waals surface area contributed by atoms with E-state index in [1.807, 2.05) is 30.3 Å². The van der Waals surface area contributed by atoms with Crippen LogP contribution < -0.4 is 4.90 Å². The molecule has 2 amide bonds. The van der Waals surface area contributed by atoms with Crippen LogP contribution in [0.4, 0.5) is 5.69 Å². The molecule has 4 nitrogen and oxygen atoms in total. The Morgan fingerprint density at radius 2 is 1.57 bits per heavy atom. The van der Waals surface area contributed by atoms with Crippen LogP contribution in [0.2, 0.25) is 5.02 Å². The van der Waals surface area contributed by atoms with E-state index in [-0.39, 0.29) is 11.8 Å². The van der Waals surface area contributed by atoms with Gasteiger partial charge in [0, 0.05) is 18.1 Å². The van der Waals surface area contributed by atoms with Gasteiger partial charge in [0.25, 0.3) is 11.8 Å². The van der Waals surface area contributed by atoms with Gasteiger partial charge < -0.3 is 4.90 Å². The Hall–Kier alpha value is -2.59. The van der Waals surface area contributed by atoms with Gasteiger partial charge in [-0.25, -0.2) is 4.90 Å². The molecule has 2 atom stereocenters. The molecule has 2 unspecified atom stereocenters. The van der Waals surface area contributed by atoms with Crippen molar-refractivity contribution < 1.29 is 9.59 Å². The van der Waals surface area contributed by atoms with Crippen molar-refractivity contribution in [3.8, 4) is 0 Å². The third-order valence-electron chi connectivity index (χ3n) is 5.37. The lowest BCUT2D eigenvalue weighted by Gasteiger charge is -2.37. The second-order valence-corrected chi connectivity index (χ2v) is 8.30. The number of piperidine rings is 1. The predicted molar refractivity (Wildman–Crippen MR) is 112 cm³/mol. The number of likely N-dealkylation sites (tertiary alicyclic amines) is 1. The van der Waals surface area contributed by atoms with Crippen molar-refractivity contribution in [1.29, 1.82) is 0 Å². The molecular weight excluding hydrogens is 372 g/mol. The summed E-state index contributed by atoms with van der Waals surface area (Å²) in [4.78, 5) is 30.3. The van der Waals surface area contributed by atoms with Gasteiger partial charge in [0.15, 0.2) is 0 Å². The molecule has 0 spiro atoms. The van der Waals surface area contributed by atoms with E-state index >= 15 is 0 Å². The van der Waals surface area contributed by atoms with E-state index in [1.54, 1.807) is 24.3 Å². The third-order valence-corrected chi connectivity index (χ3v) is 5.61. The van der Waals surface area contributed by atoms with Crippen LogP contribution in [0.5, 0.6) is 0 Å². The topological polar surface area (TPSA) is 40.6 Å². The Bertz CT molecular complexity index is 944. The first-order valence-electron chi connectivity index (χ1n) is 9.64. The van der Waals surface area contributed by atoms with Crippen molar-refractivity contribution >= 4 is 34.7 Å². The smallest absolute Gasteiger partial charge is 0.282 e. The highest BCUT2D eigenvalue weighted by molar-refractivity contribution is 6.45. The molecule has 0 saturated carbocycles. The molecule has 2 aliphatic rings. The number of carbonyl (C=O) groups is 2. The first-order chi connectivity index (χ1) is 13.5. The molecule has 0 radical (unpaired) electrons. The molecule has 5 heteroatoms. The zero-order valence-corrected chi connectivity index (χ0v) is 16.8. The molecule has 0 N–H and O–H groups in total. The number of hydrogen-bond donors (Lipinski definition) is 0. The summed E-state index contributed by atoms with van der Waals surface area (Å²) in [6, 6.07) is 16.4. The summed E-state index contributed by atoms with van der Waals surface area (Å²) >= 11 is 6.12. The Balaban J connectivity index is 1.83. The van der Waals surface area contributed by atoms with Gasteiger partial charge >= 0.3 is 0 Å². The monoisotopic (exact) mass is 394 g/mol. The van der Waals surface area contributed by atoms with Crippen LogP contribution in [-0.2, 0) is 9.59 Å². The maximum atomic E-state index is 13.5. The molecule has 28 heavy (non-hydrogen) atoms. The van der Waals surface area contributed by atoms with Crippen LogP contribution in [0.25, 0.3) is 5.57 Å². The van der Waals surface area contributed by atoms with E-state index in [4.69, 9.17) is 11.6 Å². The average molecular weight is 395 g/mol. The molecule has 4 rings (SSSR count). The number of rotatable bonds is 3. The fraction of sp³-hybridized carbons (Fsp3) is 0.304. The van der Waals surface area contributed by atoms with Crippen LogP contribution in [0.3, 0.4) is 0 Å². The van der Waals surface area contributed by atoms with Crippen molar-refractivity contribution in [3.05, 3.63) is 70.9 Å². The Morgan fingerprint density at radius 1 is 0.893 bits per heavy atom. The minimum absolute atomic E-state index is 0.271. The second-order valence-electron chi connectivity index (χ2n) is 7.87. The first-order valence-corrected chi connectivity index (χ1v) is 10.0. The van der Waals surface area contributed by atoms with Crippen LogP contribution >= 0.6 is 11.6 Å². The summed E-state index contributed by atoms with van der Waals surface area (Å²) < 4.78 is 0. The quantitative estimate of drug-likeness (QED) is 0.714. The lowest BCUT2D eigenvalue weighted by atomic mass is 9.91. The fourth-order valence-corrected chi connectivity index (χ4v) is 4.56. The molecule has 1 saturated heterocycles. The molecule has 0 aliphatic carbocycles. The number of anilines is 1. The first kappa shape index (κ1) is 18.8. The van der Waals surface area contributed by atoms with Gasteiger partial charge in [-0.05, 0) is 42.0 Å². The van der Waals surface area contributed by atoms with E-state index in [2.05, 4.69) is 18.7 Å². The molecule has 2 aliphatic heterocycles. The van der Waals surface area contributed by atoms with Gasteiger partial charge in [-0.1, -0.05) is 61.8 Å². The van der Waals surface area contributed by atoms with Crippen molar-refractivity contribution in [2.24, 2.45) is 11.8 Å². The molecule has 1 fully saturated rings. The Kier molecular flexibility index (Phi) is 4.98. The molecule has 0 aromatic heterocycles. The van der Waals surface area contributed by atoms with Crippen molar-refractivity contribution in [2.45, 2.75) is 20.3 Å². The van der Waals surface area contributed by atoms with Gasteiger partial charge in [-0.3, -0.25) is 9.59 Å². The number of hydrogen-bond acceptors (Lipinski definition) is 3. The lowest BCUT2D eigenvalue weighted by Crippen LogP contribution is -2.42. The van der Waals surface area contributed by atoms with Gasteiger partial charge in [-0.2, -0.15) is 0 Å². The maximum absolute atomic E-state index is 13.5. The van der Waals surface area contributed by atoms with E-state index in [1.165, 1.54) is 4.90 Å². The van der Waals surface area contributed by atoms with Crippen LogP contribution in [0, 0.1) is 11.8 Å². The molecular formula is C23H23ClN2O2. The summed E-state index contributed by atoms with van der Waals surface area (Å²) in [6.45, 7) is 5.94. The highest BCUT2D eigenvalue weighted by atomic mass is 35.5. The van der Waals surface area contributed by atoms with E-state index in [0.29, 0.717) is 33.8 Å².